The summed E-state index contributed by atoms with van der Waals surface area (Å²) in [6.07, 6.45) is 2.67. The molecule has 0 aromatic heterocycles. The zero-order valence-corrected chi connectivity index (χ0v) is 14.7. The molecule has 0 aliphatic carbocycles. The molecule has 1 N–H and O–H groups in total. The molecule has 22 heavy (non-hydrogen) atoms. The van der Waals surface area contributed by atoms with E-state index in [4.69, 9.17) is 4.74 Å². The van der Waals surface area contributed by atoms with Gasteiger partial charge in [0.05, 0.1) is 0 Å². The van der Waals surface area contributed by atoms with Gasteiger partial charge in [0, 0.05) is 13.1 Å². The van der Waals surface area contributed by atoms with E-state index < -0.39 is 0 Å². The Kier molecular flexibility index (Phi) is 6.71. The first-order chi connectivity index (χ1) is 10.6. The highest BCUT2D eigenvalue weighted by Gasteiger charge is 2.18. The third kappa shape index (κ3) is 4.99. The molecule has 3 nitrogen and oxygen atoms in total. The number of aryl methyl sites for hydroxylation is 1. The number of nitrogens with one attached hydrogen (secondary N) is 1. The van der Waals surface area contributed by atoms with Crippen LogP contribution in [-0.2, 0) is 0 Å². The summed E-state index contributed by atoms with van der Waals surface area (Å²) in [4.78, 5) is 2.54. The van der Waals surface area contributed by atoms with Crippen molar-refractivity contribution >= 4 is 0 Å². The summed E-state index contributed by atoms with van der Waals surface area (Å²) in [7, 11) is 2.05. The molecule has 1 saturated heterocycles. The van der Waals surface area contributed by atoms with Gasteiger partial charge in [-0.15, -0.1) is 0 Å². The van der Waals surface area contributed by atoms with Crippen molar-refractivity contribution in [2.45, 2.75) is 39.5 Å². The molecule has 1 atom stereocenters. The van der Waals surface area contributed by atoms with Crippen LogP contribution in [-0.4, -0.2) is 44.7 Å². The Labute approximate surface area is 136 Å². The molecule has 1 aliphatic rings. The lowest BCUT2D eigenvalue weighted by Crippen LogP contribution is -2.40. The first kappa shape index (κ1) is 17.3. The van der Waals surface area contributed by atoms with Gasteiger partial charge in [-0.3, -0.25) is 4.90 Å². The molecule has 1 aromatic carbocycles. The molecule has 124 valence electrons. The van der Waals surface area contributed by atoms with Gasteiger partial charge in [-0.2, -0.15) is 0 Å². The quantitative estimate of drug-likeness (QED) is 0.835. The standard InChI is InChI=1S/C19H32N2O/c1-15(2)19-8-7-18(12-16(19)3)22-11-10-21-9-5-6-17(14-21)13-20-4/h7-8,12,15,17,20H,5-6,9-11,13-14H2,1-4H3. The number of hydrogen-bond donors (Lipinski definition) is 1. The molecule has 0 amide bonds. The topological polar surface area (TPSA) is 24.5 Å². The fraction of sp³-hybridized carbons (Fsp3) is 0.684. The summed E-state index contributed by atoms with van der Waals surface area (Å²) in [5.74, 6) is 2.38. The molecule has 1 heterocycles. The van der Waals surface area contributed by atoms with Gasteiger partial charge in [0.2, 0.25) is 0 Å². The summed E-state index contributed by atoms with van der Waals surface area (Å²) >= 11 is 0. The Morgan fingerprint density at radius 3 is 2.86 bits per heavy atom. The first-order valence-corrected chi connectivity index (χ1v) is 8.70. The lowest BCUT2D eigenvalue weighted by atomic mass is 9.98. The zero-order valence-electron chi connectivity index (χ0n) is 14.7. The predicted octanol–water partition coefficient (Wildman–Crippen LogP) is 3.43. The molecule has 1 fully saturated rings. The maximum atomic E-state index is 5.96. The highest BCUT2D eigenvalue weighted by atomic mass is 16.5. The van der Waals surface area contributed by atoms with E-state index in [2.05, 4.69) is 49.2 Å². The van der Waals surface area contributed by atoms with Gasteiger partial charge in [-0.1, -0.05) is 19.9 Å². The summed E-state index contributed by atoms with van der Waals surface area (Å²) in [5.41, 5.74) is 2.75. The van der Waals surface area contributed by atoms with E-state index in [1.165, 1.54) is 37.1 Å². The van der Waals surface area contributed by atoms with Crippen molar-refractivity contribution in [2.24, 2.45) is 5.92 Å². The fourth-order valence-corrected chi connectivity index (χ4v) is 3.49. The second-order valence-electron chi connectivity index (χ2n) is 6.89. The maximum absolute atomic E-state index is 5.96. The average Bonchev–Trinajstić information content (AvgIpc) is 2.48. The molecule has 1 aromatic rings. The van der Waals surface area contributed by atoms with Crippen LogP contribution in [0, 0.1) is 12.8 Å². The lowest BCUT2D eigenvalue weighted by Gasteiger charge is -2.32. The van der Waals surface area contributed by atoms with Crippen LogP contribution < -0.4 is 10.1 Å². The minimum absolute atomic E-state index is 0.575. The highest BCUT2D eigenvalue weighted by Crippen LogP contribution is 2.23. The Bertz CT molecular complexity index is 457. The fourth-order valence-electron chi connectivity index (χ4n) is 3.49. The van der Waals surface area contributed by atoms with E-state index in [1.807, 2.05) is 7.05 Å². The van der Waals surface area contributed by atoms with E-state index >= 15 is 0 Å². The number of ether oxygens (including phenoxy) is 1. The van der Waals surface area contributed by atoms with Crippen LogP contribution in [0.1, 0.15) is 43.7 Å². The van der Waals surface area contributed by atoms with Gasteiger partial charge in [-0.25, -0.2) is 0 Å². The molecule has 0 saturated carbocycles. The van der Waals surface area contributed by atoms with Crippen molar-refractivity contribution in [3.05, 3.63) is 29.3 Å². The van der Waals surface area contributed by atoms with Crippen LogP contribution in [0.4, 0.5) is 0 Å². The van der Waals surface area contributed by atoms with Crippen molar-refractivity contribution in [3.63, 3.8) is 0 Å². The highest BCUT2D eigenvalue weighted by molar-refractivity contribution is 5.36. The minimum atomic E-state index is 0.575. The van der Waals surface area contributed by atoms with Crippen LogP contribution in [0.2, 0.25) is 0 Å². The van der Waals surface area contributed by atoms with Crippen molar-refractivity contribution < 1.29 is 4.74 Å². The Morgan fingerprint density at radius 2 is 2.18 bits per heavy atom. The van der Waals surface area contributed by atoms with Gasteiger partial charge in [-0.05, 0) is 75.0 Å². The minimum Gasteiger partial charge on any atom is -0.492 e. The normalized spacial score (nSPS) is 19.6. The smallest absolute Gasteiger partial charge is 0.119 e. The first-order valence-electron chi connectivity index (χ1n) is 8.70. The van der Waals surface area contributed by atoms with Crippen molar-refractivity contribution in [1.29, 1.82) is 0 Å². The number of hydrogen-bond acceptors (Lipinski definition) is 3. The molecule has 1 unspecified atom stereocenters. The van der Waals surface area contributed by atoms with Gasteiger partial charge in [0.1, 0.15) is 12.4 Å². The van der Waals surface area contributed by atoms with Crippen LogP contribution in [0.25, 0.3) is 0 Å². The predicted molar refractivity (Wildman–Crippen MR) is 93.9 cm³/mol. The summed E-state index contributed by atoms with van der Waals surface area (Å²) in [6, 6.07) is 6.50. The van der Waals surface area contributed by atoms with Crippen molar-refractivity contribution in [3.8, 4) is 5.75 Å². The Hall–Kier alpha value is -1.06. The lowest BCUT2D eigenvalue weighted by molar-refractivity contribution is 0.146. The van der Waals surface area contributed by atoms with Crippen molar-refractivity contribution in [1.82, 2.24) is 10.2 Å². The van der Waals surface area contributed by atoms with Gasteiger partial charge >= 0.3 is 0 Å². The number of benzene rings is 1. The molecular weight excluding hydrogens is 272 g/mol. The summed E-state index contributed by atoms with van der Waals surface area (Å²) in [6.45, 7) is 12.0. The van der Waals surface area contributed by atoms with Gasteiger partial charge in [0.25, 0.3) is 0 Å². The average molecular weight is 304 g/mol. The largest absolute Gasteiger partial charge is 0.492 e. The van der Waals surface area contributed by atoms with E-state index in [-0.39, 0.29) is 0 Å². The monoisotopic (exact) mass is 304 g/mol. The van der Waals surface area contributed by atoms with Crippen LogP contribution in [0.15, 0.2) is 18.2 Å². The van der Waals surface area contributed by atoms with E-state index in [0.29, 0.717) is 5.92 Å². The van der Waals surface area contributed by atoms with Gasteiger partial charge in [0.15, 0.2) is 0 Å². The molecule has 2 rings (SSSR count). The van der Waals surface area contributed by atoms with Gasteiger partial charge < -0.3 is 10.1 Å². The third-order valence-electron chi connectivity index (χ3n) is 4.64. The Morgan fingerprint density at radius 1 is 1.36 bits per heavy atom. The van der Waals surface area contributed by atoms with E-state index in [0.717, 1.165) is 31.4 Å². The molecule has 0 spiro atoms. The van der Waals surface area contributed by atoms with Crippen LogP contribution in [0.5, 0.6) is 5.75 Å². The van der Waals surface area contributed by atoms with Crippen LogP contribution >= 0.6 is 0 Å². The summed E-state index contributed by atoms with van der Waals surface area (Å²) in [5, 5.41) is 3.30. The van der Waals surface area contributed by atoms with E-state index in [9.17, 15) is 0 Å². The number of likely N-dealkylation sites (tertiary alicyclic amines) is 1. The number of piperidine rings is 1. The van der Waals surface area contributed by atoms with E-state index in [1.54, 1.807) is 0 Å². The Balaban J connectivity index is 1.77. The van der Waals surface area contributed by atoms with Crippen molar-refractivity contribution in [2.75, 3.05) is 39.8 Å². The van der Waals surface area contributed by atoms with Crippen LogP contribution in [0.3, 0.4) is 0 Å². The second-order valence-corrected chi connectivity index (χ2v) is 6.89. The molecule has 0 bridgehead atoms. The number of rotatable bonds is 7. The third-order valence-corrected chi connectivity index (χ3v) is 4.64. The zero-order chi connectivity index (χ0) is 15.9. The summed E-state index contributed by atoms with van der Waals surface area (Å²) < 4.78 is 5.96. The maximum Gasteiger partial charge on any atom is 0.119 e. The molecule has 1 aliphatic heterocycles. The molecular formula is C19H32N2O. The second kappa shape index (κ2) is 8.54. The molecule has 3 heteroatoms. The molecule has 0 radical (unpaired) electrons. The SMILES string of the molecule is CNCC1CCCN(CCOc2ccc(C(C)C)c(C)c2)C1. The number of nitrogens with zero attached hydrogens (tertiary/aromatic N) is 1.